The van der Waals surface area contributed by atoms with Crippen LogP contribution in [0.1, 0.15) is 23.4 Å². The van der Waals surface area contributed by atoms with Crippen LogP contribution in [0.25, 0.3) is 0 Å². The number of thiophene rings is 1. The minimum atomic E-state index is 0.315. The fourth-order valence-electron chi connectivity index (χ4n) is 1.52. The van der Waals surface area contributed by atoms with Crippen LogP contribution in [0.15, 0.2) is 41.8 Å². The fourth-order valence-corrected chi connectivity index (χ4v) is 2.28. The monoisotopic (exact) mass is 233 g/mol. The molecule has 84 valence electrons. The summed E-state index contributed by atoms with van der Waals surface area (Å²) in [7, 11) is 0. The molecule has 3 heteroatoms. The van der Waals surface area contributed by atoms with Crippen LogP contribution in [-0.2, 0) is 6.54 Å². The van der Waals surface area contributed by atoms with Crippen LogP contribution in [0.3, 0.4) is 0 Å². The van der Waals surface area contributed by atoms with Gasteiger partial charge >= 0.3 is 0 Å². The summed E-state index contributed by atoms with van der Waals surface area (Å²) in [5.74, 6) is 0.315. The Labute approximate surface area is 99.6 Å². The van der Waals surface area contributed by atoms with E-state index in [0.717, 1.165) is 6.54 Å². The van der Waals surface area contributed by atoms with Crippen molar-refractivity contribution in [1.29, 1.82) is 0 Å². The number of rotatable bonds is 4. The van der Waals surface area contributed by atoms with Crippen molar-refractivity contribution >= 4 is 11.3 Å². The van der Waals surface area contributed by atoms with Crippen LogP contribution in [-0.4, -0.2) is 5.11 Å². The van der Waals surface area contributed by atoms with E-state index in [9.17, 15) is 0 Å². The molecule has 0 bridgehead atoms. The molecular formula is C13H15NOS. The summed E-state index contributed by atoms with van der Waals surface area (Å²) in [6.07, 6.45) is 0. The highest BCUT2D eigenvalue weighted by Gasteiger charge is 2.04. The topological polar surface area (TPSA) is 32.3 Å². The molecule has 16 heavy (non-hydrogen) atoms. The molecule has 0 aliphatic rings. The number of aromatic hydroxyl groups is 1. The maximum absolute atomic E-state index is 9.17. The average molecular weight is 233 g/mol. The van der Waals surface area contributed by atoms with Gasteiger partial charge in [-0.15, -0.1) is 11.3 Å². The van der Waals surface area contributed by atoms with E-state index in [2.05, 4.69) is 29.8 Å². The number of phenolic OH excluding ortho intramolecular Hbond substituents is 1. The van der Waals surface area contributed by atoms with E-state index < -0.39 is 0 Å². The predicted molar refractivity (Wildman–Crippen MR) is 67.7 cm³/mol. The molecule has 2 aromatic rings. The van der Waals surface area contributed by atoms with E-state index in [1.165, 1.54) is 10.4 Å². The molecule has 2 nitrogen and oxygen atoms in total. The summed E-state index contributed by atoms with van der Waals surface area (Å²) in [6, 6.07) is 11.9. The Morgan fingerprint density at radius 1 is 1.25 bits per heavy atom. The normalized spacial score (nSPS) is 12.6. The minimum Gasteiger partial charge on any atom is -0.508 e. The molecule has 2 N–H and O–H groups in total. The third-order valence-corrected chi connectivity index (χ3v) is 3.57. The fraction of sp³-hybridized carbons (Fsp3) is 0.231. The zero-order valence-corrected chi connectivity index (χ0v) is 10.00. The quantitative estimate of drug-likeness (QED) is 0.849. The minimum absolute atomic E-state index is 0.315. The maximum atomic E-state index is 9.17. The molecule has 1 aromatic carbocycles. The molecule has 0 fully saturated rings. The van der Waals surface area contributed by atoms with Crippen molar-refractivity contribution in [3.05, 3.63) is 52.2 Å². The van der Waals surface area contributed by atoms with Crippen molar-refractivity contribution in [2.45, 2.75) is 19.5 Å². The Hall–Kier alpha value is -1.32. The summed E-state index contributed by atoms with van der Waals surface area (Å²) in [5, 5.41) is 14.7. The molecule has 0 saturated heterocycles. The highest BCUT2D eigenvalue weighted by Crippen LogP contribution is 2.18. The first-order valence-electron chi connectivity index (χ1n) is 5.30. The summed E-state index contributed by atoms with van der Waals surface area (Å²) in [4.78, 5) is 1.35. The van der Waals surface area contributed by atoms with Gasteiger partial charge in [0.2, 0.25) is 0 Å². The highest BCUT2D eigenvalue weighted by atomic mass is 32.1. The number of benzene rings is 1. The molecule has 0 aliphatic heterocycles. The van der Waals surface area contributed by atoms with Gasteiger partial charge in [0.25, 0.3) is 0 Å². The Morgan fingerprint density at radius 2 is 2.00 bits per heavy atom. The van der Waals surface area contributed by atoms with E-state index in [1.54, 1.807) is 23.5 Å². The lowest BCUT2D eigenvalue weighted by atomic mass is 10.2. The Bertz CT molecular complexity index is 422. The zero-order valence-electron chi connectivity index (χ0n) is 9.18. The van der Waals surface area contributed by atoms with E-state index in [4.69, 9.17) is 5.11 Å². The average Bonchev–Trinajstić information content (AvgIpc) is 2.81. The third-order valence-electron chi connectivity index (χ3n) is 2.52. The maximum Gasteiger partial charge on any atom is 0.115 e. The van der Waals surface area contributed by atoms with Crippen molar-refractivity contribution in [2.75, 3.05) is 0 Å². The molecule has 2 rings (SSSR count). The second kappa shape index (κ2) is 5.14. The van der Waals surface area contributed by atoms with Crippen molar-refractivity contribution < 1.29 is 5.11 Å². The largest absolute Gasteiger partial charge is 0.508 e. The zero-order chi connectivity index (χ0) is 11.4. The number of hydrogen-bond acceptors (Lipinski definition) is 3. The van der Waals surface area contributed by atoms with Crippen molar-refractivity contribution in [1.82, 2.24) is 5.32 Å². The van der Waals surface area contributed by atoms with Gasteiger partial charge < -0.3 is 10.4 Å². The molecule has 1 heterocycles. The molecule has 0 amide bonds. The first-order chi connectivity index (χ1) is 7.75. The van der Waals surface area contributed by atoms with Gasteiger partial charge in [0, 0.05) is 17.5 Å². The summed E-state index contributed by atoms with van der Waals surface area (Å²) in [6.45, 7) is 2.98. The molecule has 0 radical (unpaired) electrons. The van der Waals surface area contributed by atoms with Crippen LogP contribution >= 0.6 is 11.3 Å². The molecule has 1 unspecified atom stereocenters. The van der Waals surface area contributed by atoms with Crippen LogP contribution in [0.5, 0.6) is 5.75 Å². The van der Waals surface area contributed by atoms with Crippen LogP contribution in [0, 0.1) is 0 Å². The van der Waals surface area contributed by atoms with Gasteiger partial charge in [0.1, 0.15) is 5.75 Å². The molecule has 1 aromatic heterocycles. The van der Waals surface area contributed by atoms with Gasteiger partial charge in [0.15, 0.2) is 0 Å². The number of hydrogen-bond donors (Lipinski definition) is 2. The van der Waals surface area contributed by atoms with E-state index >= 15 is 0 Å². The van der Waals surface area contributed by atoms with Gasteiger partial charge in [-0.3, -0.25) is 0 Å². The SMILES string of the molecule is CC(NCc1ccc(O)cc1)c1cccs1. The van der Waals surface area contributed by atoms with E-state index in [1.807, 2.05) is 12.1 Å². The highest BCUT2D eigenvalue weighted by molar-refractivity contribution is 7.10. The Balaban J connectivity index is 1.90. The van der Waals surface area contributed by atoms with E-state index in [0.29, 0.717) is 11.8 Å². The smallest absolute Gasteiger partial charge is 0.115 e. The van der Waals surface area contributed by atoms with Crippen molar-refractivity contribution in [3.8, 4) is 5.75 Å². The van der Waals surface area contributed by atoms with Gasteiger partial charge in [-0.05, 0) is 36.1 Å². The lowest BCUT2D eigenvalue weighted by Gasteiger charge is -2.11. The third kappa shape index (κ3) is 2.84. The molecule has 0 saturated carbocycles. The Kier molecular flexibility index (Phi) is 3.59. The molecular weight excluding hydrogens is 218 g/mol. The summed E-state index contributed by atoms with van der Waals surface area (Å²) in [5.41, 5.74) is 1.18. The number of phenols is 1. The van der Waals surface area contributed by atoms with Gasteiger partial charge in [-0.25, -0.2) is 0 Å². The molecule has 0 aliphatic carbocycles. The summed E-state index contributed by atoms with van der Waals surface area (Å²) < 4.78 is 0. The van der Waals surface area contributed by atoms with Crippen LogP contribution < -0.4 is 5.32 Å². The van der Waals surface area contributed by atoms with Gasteiger partial charge in [-0.2, -0.15) is 0 Å². The molecule has 0 spiro atoms. The van der Waals surface area contributed by atoms with Crippen LogP contribution in [0.2, 0.25) is 0 Å². The van der Waals surface area contributed by atoms with Crippen molar-refractivity contribution in [3.63, 3.8) is 0 Å². The van der Waals surface area contributed by atoms with Gasteiger partial charge in [-0.1, -0.05) is 18.2 Å². The van der Waals surface area contributed by atoms with Crippen LogP contribution in [0.4, 0.5) is 0 Å². The van der Waals surface area contributed by atoms with Crippen molar-refractivity contribution in [2.24, 2.45) is 0 Å². The molecule has 1 atom stereocenters. The number of nitrogens with one attached hydrogen (secondary N) is 1. The second-order valence-electron chi connectivity index (χ2n) is 3.78. The summed E-state index contributed by atoms with van der Waals surface area (Å²) >= 11 is 1.77. The first-order valence-corrected chi connectivity index (χ1v) is 6.18. The van der Waals surface area contributed by atoms with E-state index in [-0.39, 0.29) is 0 Å². The standard InChI is InChI=1S/C13H15NOS/c1-10(13-3-2-8-16-13)14-9-11-4-6-12(15)7-5-11/h2-8,10,14-15H,9H2,1H3. The lowest BCUT2D eigenvalue weighted by Crippen LogP contribution is -2.16. The lowest BCUT2D eigenvalue weighted by molar-refractivity contribution is 0.475. The second-order valence-corrected chi connectivity index (χ2v) is 4.76. The Morgan fingerprint density at radius 3 is 2.62 bits per heavy atom. The predicted octanol–water partition coefficient (Wildman–Crippen LogP) is 3.30. The van der Waals surface area contributed by atoms with Gasteiger partial charge in [0.05, 0.1) is 0 Å². The first kappa shape index (κ1) is 11.2.